The van der Waals surface area contributed by atoms with Crippen LogP contribution in [0.15, 0.2) is 0 Å². The van der Waals surface area contributed by atoms with Crippen LogP contribution in [-0.4, -0.2) is 46.2 Å². The number of hydrogen-bond acceptors (Lipinski definition) is 4. The van der Waals surface area contributed by atoms with Crippen LogP contribution in [0, 0.1) is 0 Å². The summed E-state index contributed by atoms with van der Waals surface area (Å²) < 4.78 is 5.27. The number of carboxylic acids is 1. The Hall–Kier alpha value is -0.750. The quantitative estimate of drug-likeness (QED) is 0.805. The van der Waals surface area contributed by atoms with Crippen molar-refractivity contribution in [3.05, 3.63) is 0 Å². The first-order valence-corrected chi connectivity index (χ1v) is 7.46. The molecule has 110 valence electrons. The Labute approximate surface area is 118 Å². The summed E-state index contributed by atoms with van der Waals surface area (Å²) in [7, 11) is 0. The largest absolute Gasteiger partial charge is 0.481 e. The summed E-state index contributed by atoms with van der Waals surface area (Å²) >= 11 is 1.56. The molecule has 1 heterocycles. The van der Waals surface area contributed by atoms with Crippen molar-refractivity contribution in [3.8, 4) is 0 Å². The lowest BCUT2D eigenvalue weighted by molar-refractivity contribution is -0.140. The smallest absolute Gasteiger partial charge is 0.305 e. The third-order valence-electron chi connectivity index (χ3n) is 2.98. The van der Waals surface area contributed by atoms with Gasteiger partial charge in [-0.3, -0.25) is 9.59 Å². The first kappa shape index (κ1) is 16.3. The molecule has 0 radical (unpaired) electrons. The number of ether oxygens (including phenoxy) is 1. The van der Waals surface area contributed by atoms with E-state index in [1.54, 1.807) is 11.8 Å². The number of thioether (sulfide) groups is 1. The highest BCUT2D eigenvalue weighted by Crippen LogP contribution is 2.26. The van der Waals surface area contributed by atoms with E-state index < -0.39 is 11.5 Å². The molecule has 0 aromatic carbocycles. The zero-order valence-electron chi connectivity index (χ0n) is 11.8. The van der Waals surface area contributed by atoms with E-state index in [1.807, 2.05) is 20.8 Å². The minimum Gasteiger partial charge on any atom is -0.481 e. The zero-order chi connectivity index (χ0) is 14.5. The van der Waals surface area contributed by atoms with Crippen molar-refractivity contribution in [1.29, 1.82) is 0 Å². The van der Waals surface area contributed by atoms with Crippen LogP contribution in [0.25, 0.3) is 0 Å². The molecule has 0 atom stereocenters. The van der Waals surface area contributed by atoms with E-state index in [2.05, 4.69) is 5.32 Å². The van der Waals surface area contributed by atoms with Crippen LogP contribution in [0.2, 0.25) is 0 Å². The van der Waals surface area contributed by atoms with Gasteiger partial charge in [0.25, 0.3) is 0 Å². The maximum Gasteiger partial charge on any atom is 0.305 e. The van der Waals surface area contributed by atoms with Gasteiger partial charge in [-0.2, -0.15) is 0 Å². The Bertz CT molecular complexity index is 332. The van der Waals surface area contributed by atoms with E-state index >= 15 is 0 Å². The number of rotatable bonds is 5. The average Bonchev–Trinajstić information content (AvgIpc) is 2.25. The number of nitrogens with one attached hydrogen (secondary N) is 1. The Morgan fingerprint density at radius 3 is 2.37 bits per heavy atom. The van der Waals surface area contributed by atoms with Gasteiger partial charge in [0, 0.05) is 18.0 Å². The normalized spacial score (nSPS) is 18.9. The molecule has 0 spiro atoms. The SMILES string of the molecule is CC(C)(C)SCC(=O)NC1(CC(=O)O)CCOCC1. The van der Waals surface area contributed by atoms with Crippen LogP contribution in [0.4, 0.5) is 0 Å². The van der Waals surface area contributed by atoms with Crippen molar-refractivity contribution in [3.63, 3.8) is 0 Å². The van der Waals surface area contributed by atoms with Crippen molar-refractivity contribution < 1.29 is 19.4 Å². The fourth-order valence-corrected chi connectivity index (χ4v) is 2.65. The molecule has 1 rings (SSSR count). The van der Waals surface area contributed by atoms with Gasteiger partial charge < -0.3 is 15.2 Å². The van der Waals surface area contributed by atoms with Crippen molar-refractivity contribution in [2.45, 2.75) is 50.3 Å². The summed E-state index contributed by atoms with van der Waals surface area (Å²) in [5, 5.41) is 11.9. The molecule has 0 aliphatic carbocycles. The Morgan fingerprint density at radius 1 is 1.32 bits per heavy atom. The van der Waals surface area contributed by atoms with Crippen LogP contribution >= 0.6 is 11.8 Å². The minimum absolute atomic E-state index is 0.0208. The van der Waals surface area contributed by atoms with Gasteiger partial charge in [-0.1, -0.05) is 20.8 Å². The molecule has 1 fully saturated rings. The Kier molecular flexibility index (Phi) is 5.67. The van der Waals surface area contributed by atoms with E-state index in [4.69, 9.17) is 9.84 Å². The molecule has 0 aromatic heterocycles. The number of amides is 1. The monoisotopic (exact) mass is 289 g/mol. The molecule has 6 heteroatoms. The lowest BCUT2D eigenvalue weighted by atomic mass is 9.86. The van der Waals surface area contributed by atoms with Crippen molar-refractivity contribution in [2.75, 3.05) is 19.0 Å². The average molecular weight is 289 g/mol. The molecule has 1 aliphatic rings. The summed E-state index contributed by atoms with van der Waals surface area (Å²) in [6.07, 6.45) is 1.08. The number of carbonyl (C=O) groups excluding carboxylic acids is 1. The van der Waals surface area contributed by atoms with Crippen molar-refractivity contribution >= 4 is 23.6 Å². The van der Waals surface area contributed by atoms with Gasteiger partial charge >= 0.3 is 5.97 Å². The molecular formula is C13H23NO4S. The third-order valence-corrected chi connectivity index (χ3v) is 4.25. The molecule has 1 aliphatic heterocycles. The minimum atomic E-state index is -0.884. The van der Waals surface area contributed by atoms with Gasteiger partial charge in [0.2, 0.25) is 5.91 Å². The first-order chi connectivity index (χ1) is 8.72. The second kappa shape index (κ2) is 6.61. The topological polar surface area (TPSA) is 75.6 Å². The molecule has 2 N–H and O–H groups in total. The van der Waals surface area contributed by atoms with Gasteiger partial charge in [0.15, 0.2) is 0 Å². The summed E-state index contributed by atoms with van der Waals surface area (Å²) in [6, 6.07) is 0. The maximum absolute atomic E-state index is 12.0. The summed E-state index contributed by atoms with van der Waals surface area (Å²) in [5.41, 5.74) is -0.639. The molecule has 0 unspecified atom stereocenters. The van der Waals surface area contributed by atoms with Gasteiger partial charge in [-0.15, -0.1) is 11.8 Å². The number of carboxylic acid groups (broad SMARTS) is 1. The molecule has 0 saturated carbocycles. The first-order valence-electron chi connectivity index (χ1n) is 6.47. The fourth-order valence-electron chi connectivity index (χ4n) is 2.01. The van der Waals surface area contributed by atoms with Crippen LogP contribution in [-0.2, 0) is 14.3 Å². The second-order valence-electron chi connectivity index (χ2n) is 5.91. The molecule has 0 bridgehead atoms. The number of aliphatic carboxylic acids is 1. The van der Waals surface area contributed by atoms with Crippen LogP contribution in [0.1, 0.15) is 40.0 Å². The zero-order valence-corrected chi connectivity index (χ0v) is 12.6. The van der Waals surface area contributed by atoms with E-state index in [9.17, 15) is 9.59 Å². The van der Waals surface area contributed by atoms with Crippen LogP contribution in [0.5, 0.6) is 0 Å². The van der Waals surface area contributed by atoms with Gasteiger partial charge in [-0.05, 0) is 12.8 Å². The number of hydrogen-bond donors (Lipinski definition) is 2. The highest BCUT2D eigenvalue weighted by molar-refractivity contribution is 8.01. The van der Waals surface area contributed by atoms with Crippen LogP contribution in [0.3, 0.4) is 0 Å². The van der Waals surface area contributed by atoms with Gasteiger partial charge in [0.1, 0.15) is 0 Å². The van der Waals surface area contributed by atoms with Gasteiger partial charge in [-0.25, -0.2) is 0 Å². The summed E-state index contributed by atoms with van der Waals surface area (Å²) in [4.78, 5) is 23.0. The highest BCUT2D eigenvalue weighted by atomic mass is 32.2. The van der Waals surface area contributed by atoms with Crippen molar-refractivity contribution in [2.24, 2.45) is 0 Å². The second-order valence-corrected chi connectivity index (χ2v) is 7.71. The summed E-state index contributed by atoms with van der Waals surface area (Å²) in [6.45, 7) is 7.14. The van der Waals surface area contributed by atoms with E-state index in [1.165, 1.54) is 0 Å². The summed E-state index contributed by atoms with van der Waals surface area (Å²) in [5.74, 6) is -0.625. The van der Waals surface area contributed by atoms with Crippen molar-refractivity contribution in [1.82, 2.24) is 5.32 Å². The van der Waals surface area contributed by atoms with E-state index in [-0.39, 0.29) is 17.1 Å². The fraction of sp³-hybridized carbons (Fsp3) is 0.846. The van der Waals surface area contributed by atoms with E-state index in [0.29, 0.717) is 31.8 Å². The molecule has 19 heavy (non-hydrogen) atoms. The standard InChI is InChI=1S/C13H23NO4S/c1-12(2,3)19-9-10(15)14-13(8-11(16)17)4-6-18-7-5-13/h4-9H2,1-3H3,(H,14,15)(H,16,17). The molecule has 5 nitrogen and oxygen atoms in total. The Morgan fingerprint density at radius 2 is 1.89 bits per heavy atom. The van der Waals surface area contributed by atoms with Crippen LogP contribution < -0.4 is 5.32 Å². The number of carbonyl (C=O) groups is 2. The van der Waals surface area contributed by atoms with Gasteiger partial charge in [0.05, 0.1) is 17.7 Å². The molecule has 1 saturated heterocycles. The molecule has 0 aromatic rings. The molecule has 1 amide bonds. The predicted octanol–water partition coefficient (Wildman–Crippen LogP) is 1.66. The lowest BCUT2D eigenvalue weighted by Gasteiger charge is -2.37. The molecular weight excluding hydrogens is 266 g/mol. The maximum atomic E-state index is 12.0. The lowest BCUT2D eigenvalue weighted by Crippen LogP contribution is -2.53. The van der Waals surface area contributed by atoms with E-state index in [0.717, 1.165) is 0 Å². The highest BCUT2D eigenvalue weighted by Gasteiger charge is 2.36. The predicted molar refractivity (Wildman–Crippen MR) is 75.4 cm³/mol. The third kappa shape index (κ3) is 6.29. The Balaban J connectivity index is 2.57.